The molecule has 0 aliphatic carbocycles. The maximum Gasteiger partial charge on any atom is 0.243 e. The molecule has 0 bridgehead atoms. The van der Waals surface area contributed by atoms with Crippen molar-refractivity contribution in [1.29, 1.82) is 0 Å². The summed E-state index contributed by atoms with van der Waals surface area (Å²) < 4.78 is 24.9. The lowest BCUT2D eigenvalue weighted by Gasteiger charge is -2.16. The van der Waals surface area contributed by atoms with E-state index in [9.17, 15) is 18.0 Å². The molecular weight excluding hydrogens is 356 g/mol. The lowest BCUT2D eigenvalue weighted by molar-refractivity contribution is -0.125. The highest BCUT2D eigenvalue weighted by Crippen LogP contribution is 2.21. The van der Waals surface area contributed by atoms with Crippen molar-refractivity contribution < 1.29 is 18.0 Å². The van der Waals surface area contributed by atoms with Crippen molar-refractivity contribution in [1.82, 2.24) is 5.32 Å². The highest BCUT2D eigenvalue weighted by atomic mass is 35.5. The first-order valence-electron chi connectivity index (χ1n) is 7.00. The zero-order valence-corrected chi connectivity index (χ0v) is 15.3. The van der Waals surface area contributed by atoms with Gasteiger partial charge in [0.15, 0.2) is 0 Å². The minimum Gasteiger partial charge on any atom is -0.346 e. The molecule has 5 N–H and O–H groups in total. The number of benzene rings is 1. The smallest absolute Gasteiger partial charge is 0.243 e. The Balaban J connectivity index is 0.00000529. The first-order chi connectivity index (χ1) is 10.6. The number of rotatable bonds is 7. The number of sulfonamides is 1. The Kier molecular flexibility index (Phi) is 8.73. The molecule has 136 valence electrons. The number of nitrogens with one attached hydrogen (secondary N) is 3. The number of para-hydroxylation sites is 2. The van der Waals surface area contributed by atoms with Gasteiger partial charge in [0.2, 0.25) is 21.8 Å². The number of carbonyl (C=O) groups is 2. The highest BCUT2D eigenvalue weighted by Gasteiger charge is 2.18. The summed E-state index contributed by atoms with van der Waals surface area (Å²) in [6.07, 6.45) is 1.01. The fourth-order valence-electron chi connectivity index (χ4n) is 1.66. The van der Waals surface area contributed by atoms with Gasteiger partial charge < -0.3 is 16.4 Å². The van der Waals surface area contributed by atoms with E-state index in [-0.39, 0.29) is 30.6 Å². The van der Waals surface area contributed by atoms with Crippen LogP contribution in [0.1, 0.15) is 13.8 Å². The van der Waals surface area contributed by atoms with E-state index in [1.165, 1.54) is 6.07 Å². The second-order valence-electron chi connectivity index (χ2n) is 5.46. The molecule has 0 aliphatic heterocycles. The second kappa shape index (κ2) is 9.45. The summed E-state index contributed by atoms with van der Waals surface area (Å²) in [6.45, 7) is 3.35. The van der Waals surface area contributed by atoms with Crippen molar-refractivity contribution >= 4 is 45.6 Å². The zero-order valence-electron chi connectivity index (χ0n) is 13.7. The van der Waals surface area contributed by atoms with Gasteiger partial charge in [-0.1, -0.05) is 26.0 Å². The monoisotopic (exact) mass is 378 g/mol. The molecule has 0 saturated heterocycles. The van der Waals surface area contributed by atoms with E-state index in [1.54, 1.807) is 32.0 Å². The normalized spacial score (nSPS) is 12.0. The summed E-state index contributed by atoms with van der Waals surface area (Å²) in [5.41, 5.74) is 6.21. The predicted octanol–water partition coefficient (Wildman–Crippen LogP) is 0.518. The number of anilines is 2. The third-order valence-corrected chi connectivity index (χ3v) is 3.53. The van der Waals surface area contributed by atoms with E-state index in [2.05, 4.69) is 15.4 Å². The topological polar surface area (TPSA) is 130 Å². The Morgan fingerprint density at radius 3 is 2.21 bits per heavy atom. The number of hydrogen-bond donors (Lipinski definition) is 4. The number of carbonyl (C=O) groups excluding carboxylic acids is 2. The van der Waals surface area contributed by atoms with E-state index < -0.39 is 27.9 Å². The van der Waals surface area contributed by atoms with Gasteiger partial charge in [0.1, 0.15) is 0 Å². The SMILES string of the molecule is CC(C)[C@H](N)C(=O)NCC(=O)Nc1ccccc1NS(C)(=O)=O.Cl. The molecule has 0 fully saturated rings. The molecule has 0 saturated carbocycles. The Bertz CT molecular complexity index is 679. The lowest BCUT2D eigenvalue weighted by atomic mass is 10.1. The van der Waals surface area contributed by atoms with Crippen LogP contribution in [0.15, 0.2) is 24.3 Å². The van der Waals surface area contributed by atoms with Crippen LogP contribution >= 0.6 is 12.4 Å². The van der Waals surface area contributed by atoms with Crippen LogP contribution in [0, 0.1) is 5.92 Å². The second-order valence-corrected chi connectivity index (χ2v) is 7.20. The zero-order chi connectivity index (χ0) is 17.6. The molecule has 8 nitrogen and oxygen atoms in total. The first kappa shape index (κ1) is 22.2. The minimum atomic E-state index is -3.47. The average Bonchev–Trinajstić information content (AvgIpc) is 2.44. The van der Waals surface area contributed by atoms with Gasteiger partial charge in [-0.2, -0.15) is 0 Å². The Hall–Kier alpha value is -1.84. The van der Waals surface area contributed by atoms with Gasteiger partial charge in [0, 0.05) is 0 Å². The third kappa shape index (κ3) is 7.62. The summed E-state index contributed by atoms with van der Waals surface area (Å²) in [5, 5.41) is 4.97. The van der Waals surface area contributed by atoms with Gasteiger partial charge in [-0.15, -0.1) is 12.4 Å². The van der Waals surface area contributed by atoms with E-state index in [0.29, 0.717) is 5.69 Å². The van der Waals surface area contributed by atoms with Gasteiger partial charge in [0.25, 0.3) is 0 Å². The number of nitrogens with two attached hydrogens (primary N) is 1. The molecule has 2 amide bonds. The van der Waals surface area contributed by atoms with Crippen LogP contribution in [-0.4, -0.2) is 39.1 Å². The van der Waals surface area contributed by atoms with E-state index in [1.807, 2.05) is 0 Å². The molecule has 1 aromatic carbocycles. The van der Waals surface area contributed by atoms with Crippen LogP contribution in [0.5, 0.6) is 0 Å². The summed E-state index contributed by atoms with van der Waals surface area (Å²) in [4.78, 5) is 23.6. The van der Waals surface area contributed by atoms with Crippen molar-refractivity contribution in [3.8, 4) is 0 Å². The van der Waals surface area contributed by atoms with Crippen molar-refractivity contribution in [2.45, 2.75) is 19.9 Å². The molecule has 0 aromatic heterocycles. The van der Waals surface area contributed by atoms with Crippen molar-refractivity contribution in [2.75, 3.05) is 22.8 Å². The number of amides is 2. The third-order valence-electron chi connectivity index (χ3n) is 2.94. The van der Waals surface area contributed by atoms with Crippen LogP contribution in [0.3, 0.4) is 0 Å². The number of halogens is 1. The van der Waals surface area contributed by atoms with E-state index in [0.717, 1.165) is 6.26 Å². The standard InChI is InChI=1S/C14H22N4O4S.ClH/c1-9(2)13(15)14(20)16-8-12(19)17-10-6-4-5-7-11(10)18-23(3,21)22;/h4-7,9,13,18H,8,15H2,1-3H3,(H,16,20)(H,17,19);1H/t13-;/m0./s1. The summed E-state index contributed by atoms with van der Waals surface area (Å²) in [5.74, 6) is -0.951. The van der Waals surface area contributed by atoms with E-state index >= 15 is 0 Å². The fourth-order valence-corrected chi connectivity index (χ4v) is 2.24. The molecule has 1 aromatic rings. The summed E-state index contributed by atoms with van der Waals surface area (Å²) in [6, 6.07) is 5.65. The average molecular weight is 379 g/mol. The van der Waals surface area contributed by atoms with Gasteiger partial charge in [-0.25, -0.2) is 8.42 Å². The minimum absolute atomic E-state index is 0. The van der Waals surface area contributed by atoms with Gasteiger partial charge in [0.05, 0.1) is 30.2 Å². The fraction of sp³-hybridized carbons (Fsp3) is 0.429. The Labute approximate surface area is 148 Å². The molecule has 0 radical (unpaired) electrons. The van der Waals surface area contributed by atoms with Crippen molar-refractivity contribution in [2.24, 2.45) is 11.7 Å². The molecule has 0 unspecified atom stereocenters. The molecule has 10 heteroatoms. The Morgan fingerprint density at radius 1 is 1.17 bits per heavy atom. The summed E-state index contributed by atoms with van der Waals surface area (Å²) in [7, 11) is -3.47. The lowest BCUT2D eigenvalue weighted by Crippen LogP contribution is -2.46. The van der Waals surface area contributed by atoms with Gasteiger partial charge >= 0.3 is 0 Å². The summed E-state index contributed by atoms with van der Waals surface area (Å²) >= 11 is 0. The molecule has 0 spiro atoms. The van der Waals surface area contributed by atoms with Crippen LogP contribution in [0.25, 0.3) is 0 Å². The van der Waals surface area contributed by atoms with Crippen LogP contribution in [0.2, 0.25) is 0 Å². The van der Waals surface area contributed by atoms with Gasteiger partial charge in [-0.05, 0) is 18.1 Å². The van der Waals surface area contributed by atoms with Crippen LogP contribution in [-0.2, 0) is 19.6 Å². The molecule has 0 aliphatic rings. The maximum absolute atomic E-state index is 11.9. The molecule has 0 heterocycles. The largest absolute Gasteiger partial charge is 0.346 e. The van der Waals surface area contributed by atoms with Gasteiger partial charge in [-0.3, -0.25) is 14.3 Å². The number of hydrogen-bond acceptors (Lipinski definition) is 5. The first-order valence-corrected chi connectivity index (χ1v) is 8.89. The van der Waals surface area contributed by atoms with Crippen LogP contribution < -0.4 is 21.1 Å². The quantitative estimate of drug-likeness (QED) is 0.549. The molecule has 24 heavy (non-hydrogen) atoms. The van der Waals surface area contributed by atoms with E-state index in [4.69, 9.17) is 5.73 Å². The Morgan fingerprint density at radius 2 is 1.71 bits per heavy atom. The van der Waals surface area contributed by atoms with Crippen LogP contribution in [0.4, 0.5) is 11.4 Å². The van der Waals surface area contributed by atoms with Crippen molar-refractivity contribution in [3.05, 3.63) is 24.3 Å². The predicted molar refractivity (Wildman–Crippen MR) is 96.6 cm³/mol. The molecule has 1 rings (SSSR count). The molecule has 1 atom stereocenters. The molecular formula is C14H23ClN4O4S. The highest BCUT2D eigenvalue weighted by molar-refractivity contribution is 7.92. The maximum atomic E-state index is 11.9. The van der Waals surface area contributed by atoms with Crippen molar-refractivity contribution in [3.63, 3.8) is 0 Å².